The Morgan fingerprint density at radius 2 is 2.05 bits per heavy atom. The monoisotopic (exact) mass is 271 g/mol. The van der Waals surface area contributed by atoms with Crippen molar-refractivity contribution in [1.29, 1.82) is 0 Å². The molecule has 0 aliphatic heterocycles. The number of nitrogens with one attached hydrogen (secondary N) is 1. The first-order valence-electron chi connectivity index (χ1n) is 6.30. The zero-order valence-electron chi connectivity index (χ0n) is 11.2. The van der Waals surface area contributed by atoms with Crippen molar-refractivity contribution < 1.29 is 9.53 Å². The van der Waals surface area contributed by atoms with E-state index in [1.807, 2.05) is 30.3 Å². The maximum absolute atomic E-state index is 12.1. The Morgan fingerprint density at radius 1 is 1.30 bits per heavy atom. The fraction of sp³-hybridized carbons (Fsp3) is 0.200. The second kappa shape index (κ2) is 6.68. The van der Waals surface area contributed by atoms with Gasteiger partial charge >= 0.3 is 0 Å². The topological polar surface area (TPSA) is 77.2 Å². The van der Waals surface area contributed by atoms with Gasteiger partial charge < -0.3 is 15.8 Å². The molecule has 0 bridgehead atoms. The number of carbonyl (C=O) groups excluding carboxylic acids is 1. The van der Waals surface area contributed by atoms with E-state index in [-0.39, 0.29) is 11.9 Å². The first-order valence-corrected chi connectivity index (χ1v) is 6.30. The molecule has 5 nitrogen and oxygen atoms in total. The van der Waals surface area contributed by atoms with Crippen molar-refractivity contribution in [3.05, 3.63) is 59.8 Å². The standard InChI is InChI=1S/C15H17N3O2/c1-20-15-12(8-5-9-17-15)14(19)18-10-13(16)11-6-3-2-4-7-11/h2-9,13H,10,16H2,1H3,(H,18,19). The number of nitrogens with zero attached hydrogens (tertiary/aromatic N) is 1. The summed E-state index contributed by atoms with van der Waals surface area (Å²) < 4.78 is 5.05. The molecule has 1 heterocycles. The highest BCUT2D eigenvalue weighted by Crippen LogP contribution is 2.14. The Balaban J connectivity index is 1.99. The van der Waals surface area contributed by atoms with Gasteiger partial charge in [0.05, 0.1) is 7.11 Å². The van der Waals surface area contributed by atoms with Gasteiger partial charge in [-0.25, -0.2) is 4.98 Å². The third-order valence-electron chi connectivity index (χ3n) is 2.92. The third kappa shape index (κ3) is 3.33. The molecule has 0 spiro atoms. The van der Waals surface area contributed by atoms with E-state index in [0.717, 1.165) is 5.56 Å². The van der Waals surface area contributed by atoms with Gasteiger partial charge in [-0.05, 0) is 17.7 Å². The molecule has 0 fully saturated rings. The fourth-order valence-corrected chi connectivity index (χ4v) is 1.84. The van der Waals surface area contributed by atoms with Gasteiger partial charge in [-0.2, -0.15) is 0 Å². The lowest BCUT2D eigenvalue weighted by Crippen LogP contribution is -2.32. The van der Waals surface area contributed by atoms with E-state index < -0.39 is 0 Å². The van der Waals surface area contributed by atoms with Crippen molar-refractivity contribution in [2.24, 2.45) is 5.73 Å². The van der Waals surface area contributed by atoms with Crippen molar-refractivity contribution >= 4 is 5.91 Å². The average molecular weight is 271 g/mol. The van der Waals surface area contributed by atoms with Crippen molar-refractivity contribution in [3.8, 4) is 5.88 Å². The van der Waals surface area contributed by atoms with Crippen LogP contribution in [0.25, 0.3) is 0 Å². The number of methoxy groups -OCH3 is 1. The molecular weight excluding hydrogens is 254 g/mol. The van der Waals surface area contributed by atoms with E-state index in [1.54, 1.807) is 18.3 Å². The summed E-state index contributed by atoms with van der Waals surface area (Å²) in [5.41, 5.74) is 7.41. The fourth-order valence-electron chi connectivity index (χ4n) is 1.84. The molecule has 1 aromatic heterocycles. The molecule has 3 N–H and O–H groups in total. The highest BCUT2D eigenvalue weighted by molar-refractivity contribution is 5.96. The van der Waals surface area contributed by atoms with Gasteiger partial charge in [-0.1, -0.05) is 30.3 Å². The quantitative estimate of drug-likeness (QED) is 0.864. The summed E-state index contributed by atoms with van der Waals surface area (Å²) in [6.07, 6.45) is 1.57. The maximum atomic E-state index is 12.1. The van der Waals surface area contributed by atoms with Crippen LogP contribution in [0.2, 0.25) is 0 Å². The van der Waals surface area contributed by atoms with Gasteiger partial charge in [0.15, 0.2) is 0 Å². The molecule has 1 amide bonds. The molecular formula is C15H17N3O2. The molecule has 0 saturated carbocycles. The number of pyridine rings is 1. The second-order valence-corrected chi connectivity index (χ2v) is 4.29. The first-order chi connectivity index (χ1) is 9.72. The average Bonchev–Trinajstić information content (AvgIpc) is 2.53. The number of hydrogen-bond donors (Lipinski definition) is 2. The summed E-state index contributed by atoms with van der Waals surface area (Å²) in [6.45, 7) is 0.348. The van der Waals surface area contributed by atoms with Crippen LogP contribution >= 0.6 is 0 Å². The van der Waals surface area contributed by atoms with Gasteiger partial charge in [0.2, 0.25) is 5.88 Å². The van der Waals surface area contributed by atoms with Crippen LogP contribution in [0.5, 0.6) is 5.88 Å². The number of aromatic nitrogens is 1. The van der Waals surface area contributed by atoms with Crippen molar-refractivity contribution in [2.75, 3.05) is 13.7 Å². The Labute approximate surface area is 117 Å². The van der Waals surface area contributed by atoms with Gasteiger partial charge in [0, 0.05) is 18.8 Å². The maximum Gasteiger partial charge on any atom is 0.256 e. The van der Waals surface area contributed by atoms with E-state index in [2.05, 4.69) is 10.3 Å². The van der Waals surface area contributed by atoms with Crippen molar-refractivity contribution in [2.45, 2.75) is 6.04 Å². The molecule has 20 heavy (non-hydrogen) atoms. The van der Waals surface area contributed by atoms with Gasteiger partial charge in [0.25, 0.3) is 5.91 Å². The smallest absolute Gasteiger partial charge is 0.256 e. The molecule has 104 valence electrons. The van der Waals surface area contributed by atoms with E-state index >= 15 is 0 Å². The number of amides is 1. The van der Waals surface area contributed by atoms with Crippen molar-refractivity contribution in [1.82, 2.24) is 10.3 Å². The molecule has 1 aromatic carbocycles. The summed E-state index contributed by atoms with van der Waals surface area (Å²) in [7, 11) is 1.48. The molecule has 5 heteroatoms. The van der Waals surface area contributed by atoms with Crippen LogP contribution in [-0.2, 0) is 0 Å². The number of benzene rings is 1. The van der Waals surface area contributed by atoms with Gasteiger partial charge in [-0.15, -0.1) is 0 Å². The lowest BCUT2D eigenvalue weighted by molar-refractivity contribution is 0.0947. The molecule has 0 saturated heterocycles. The van der Waals surface area contributed by atoms with E-state index in [1.165, 1.54) is 7.11 Å². The number of carbonyl (C=O) groups is 1. The van der Waals surface area contributed by atoms with E-state index in [0.29, 0.717) is 18.0 Å². The predicted molar refractivity (Wildman–Crippen MR) is 76.5 cm³/mol. The summed E-state index contributed by atoms with van der Waals surface area (Å²) >= 11 is 0. The largest absolute Gasteiger partial charge is 0.480 e. The van der Waals surface area contributed by atoms with E-state index in [4.69, 9.17) is 10.5 Å². The SMILES string of the molecule is COc1ncccc1C(=O)NCC(N)c1ccccc1. The molecule has 2 rings (SSSR count). The lowest BCUT2D eigenvalue weighted by Gasteiger charge is -2.13. The first kappa shape index (κ1) is 14.0. The molecule has 0 radical (unpaired) electrons. The molecule has 1 unspecified atom stereocenters. The Kier molecular flexibility index (Phi) is 4.68. The third-order valence-corrected chi connectivity index (χ3v) is 2.92. The van der Waals surface area contributed by atoms with Crippen LogP contribution < -0.4 is 15.8 Å². The van der Waals surface area contributed by atoms with Gasteiger partial charge in [-0.3, -0.25) is 4.79 Å². The Hall–Kier alpha value is -2.40. The summed E-state index contributed by atoms with van der Waals surface area (Å²) in [4.78, 5) is 16.1. The number of nitrogens with two attached hydrogens (primary N) is 1. The lowest BCUT2D eigenvalue weighted by atomic mass is 10.1. The second-order valence-electron chi connectivity index (χ2n) is 4.29. The van der Waals surface area contributed by atoms with Crippen LogP contribution in [-0.4, -0.2) is 24.5 Å². The highest BCUT2D eigenvalue weighted by Gasteiger charge is 2.14. The van der Waals surface area contributed by atoms with E-state index in [9.17, 15) is 4.79 Å². The summed E-state index contributed by atoms with van der Waals surface area (Å²) in [5, 5.41) is 2.79. The van der Waals surface area contributed by atoms with Crippen molar-refractivity contribution in [3.63, 3.8) is 0 Å². The molecule has 1 atom stereocenters. The normalized spacial score (nSPS) is 11.7. The van der Waals surface area contributed by atoms with Crippen LogP contribution in [0.3, 0.4) is 0 Å². The highest BCUT2D eigenvalue weighted by atomic mass is 16.5. The molecule has 0 aliphatic rings. The minimum absolute atomic E-state index is 0.247. The van der Waals surface area contributed by atoms with Crippen LogP contribution in [0.4, 0.5) is 0 Å². The minimum Gasteiger partial charge on any atom is -0.480 e. The number of hydrogen-bond acceptors (Lipinski definition) is 4. The zero-order chi connectivity index (χ0) is 14.4. The van der Waals surface area contributed by atoms with Gasteiger partial charge in [0.1, 0.15) is 5.56 Å². The molecule has 2 aromatic rings. The zero-order valence-corrected chi connectivity index (χ0v) is 11.2. The Bertz CT molecular complexity index is 572. The number of ether oxygens (including phenoxy) is 1. The summed E-state index contributed by atoms with van der Waals surface area (Å²) in [5.74, 6) is 0.0552. The predicted octanol–water partition coefficient (Wildman–Crippen LogP) is 1.52. The minimum atomic E-state index is -0.249. The van der Waals surface area contributed by atoms with Crippen LogP contribution in [0.1, 0.15) is 22.0 Å². The Morgan fingerprint density at radius 3 is 2.75 bits per heavy atom. The number of rotatable bonds is 5. The van der Waals surface area contributed by atoms with Crippen LogP contribution in [0.15, 0.2) is 48.7 Å². The molecule has 0 aliphatic carbocycles. The summed E-state index contributed by atoms with van der Waals surface area (Å²) in [6, 6.07) is 12.7. The van der Waals surface area contributed by atoms with Crippen LogP contribution in [0, 0.1) is 0 Å².